The number of hydrogen-bond acceptors (Lipinski definition) is 6. The zero-order valence-electron chi connectivity index (χ0n) is 12.4. The monoisotopic (exact) mass is 345 g/mol. The predicted molar refractivity (Wildman–Crippen MR) is 89.9 cm³/mol. The summed E-state index contributed by atoms with van der Waals surface area (Å²) in [5.74, 6) is 0.426. The number of hydrogen-bond donors (Lipinski definition) is 2. The lowest BCUT2D eigenvalue weighted by Crippen LogP contribution is -2.06. The van der Waals surface area contributed by atoms with Crippen molar-refractivity contribution in [3.05, 3.63) is 66.0 Å². The molecule has 0 unspecified atom stereocenters. The molecule has 3 N–H and O–H groups in total. The van der Waals surface area contributed by atoms with Gasteiger partial charge in [0.05, 0.1) is 5.75 Å². The fourth-order valence-electron chi connectivity index (χ4n) is 1.92. The molecule has 1 aromatic heterocycles. The smallest absolute Gasteiger partial charge is 0.232 e. The summed E-state index contributed by atoms with van der Waals surface area (Å²) in [4.78, 5) is 12.8. The van der Waals surface area contributed by atoms with Gasteiger partial charge >= 0.3 is 0 Å². The maximum atomic E-state index is 13.6. The fourth-order valence-corrected chi connectivity index (χ4v) is 2.72. The minimum Gasteiger partial charge on any atom is -0.368 e. The number of anilines is 3. The summed E-state index contributed by atoms with van der Waals surface area (Å²) < 4.78 is 26.6. The summed E-state index contributed by atoms with van der Waals surface area (Å²) in [6.45, 7) is 0. The first-order chi connectivity index (χ1) is 11.6. The van der Waals surface area contributed by atoms with E-state index in [2.05, 4.69) is 20.3 Å². The summed E-state index contributed by atoms with van der Waals surface area (Å²) in [5.41, 5.74) is 6.31. The third-order valence-corrected chi connectivity index (χ3v) is 4.04. The number of aromatic nitrogens is 3. The van der Waals surface area contributed by atoms with Gasteiger partial charge in [-0.1, -0.05) is 12.1 Å². The molecule has 0 saturated heterocycles. The molecule has 0 spiro atoms. The average Bonchev–Trinajstić information content (AvgIpc) is 2.56. The van der Waals surface area contributed by atoms with Crippen molar-refractivity contribution < 1.29 is 8.78 Å². The second-order valence-corrected chi connectivity index (χ2v) is 5.80. The van der Waals surface area contributed by atoms with E-state index < -0.39 is 0 Å². The van der Waals surface area contributed by atoms with Crippen LogP contribution >= 0.6 is 11.8 Å². The highest BCUT2D eigenvalue weighted by molar-refractivity contribution is 7.98. The summed E-state index contributed by atoms with van der Waals surface area (Å²) in [6.07, 6.45) is 0. The predicted octanol–water partition coefficient (Wildman–Crippen LogP) is 3.77. The maximum Gasteiger partial charge on any atom is 0.232 e. The topological polar surface area (TPSA) is 76.7 Å². The molecule has 0 aliphatic carbocycles. The highest BCUT2D eigenvalue weighted by Crippen LogP contribution is 2.24. The molecule has 0 aliphatic rings. The van der Waals surface area contributed by atoms with Crippen molar-refractivity contribution in [2.45, 2.75) is 10.6 Å². The van der Waals surface area contributed by atoms with Crippen molar-refractivity contribution in [3.63, 3.8) is 0 Å². The Morgan fingerprint density at radius 1 is 0.958 bits per heavy atom. The molecule has 0 atom stereocenters. The van der Waals surface area contributed by atoms with Crippen molar-refractivity contribution in [3.8, 4) is 0 Å². The van der Waals surface area contributed by atoms with E-state index in [9.17, 15) is 8.78 Å². The van der Waals surface area contributed by atoms with Crippen LogP contribution in [0.15, 0.2) is 53.4 Å². The number of halogens is 2. The number of nitrogen functional groups attached to an aromatic ring is 1. The van der Waals surface area contributed by atoms with Crippen LogP contribution in [-0.2, 0) is 5.75 Å². The van der Waals surface area contributed by atoms with E-state index in [4.69, 9.17) is 5.73 Å². The maximum absolute atomic E-state index is 13.6. The first-order valence-corrected chi connectivity index (χ1v) is 7.99. The quantitative estimate of drug-likeness (QED) is 0.686. The molecule has 2 aromatic carbocycles. The second kappa shape index (κ2) is 7.22. The molecule has 3 rings (SSSR count). The Morgan fingerprint density at radius 3 is 2.46 bits per heavy atom. The standard InChI is InChI=1S/C16H13F2N5S/c17-10-5-7-11(8-6-10)20-16-22-14(21-15(19)23-16)9-24-13-4-2-1-3-12(13)18/h1-8H,9H2,(H3,19,20,21,22,23). The zero-order valence-corrected chi connectivity index (χ0v) is 13.2. The number of nitrogens with one attached hydrogen (secondary N) is 1. The molecule has 1 heterocycles. The number of thioether (sulfide) groups is 1. The molecular weight excluding hydrogens is 332 g/mol. The Kier molecular flexibility index (Phi) is 4.85. The highest BCUT2D eigenvalue weighted by Gasteiger charge is 2.08. The molecule has 122 valence electrons. The van der Waals surface area contributed by atoms with Crippen molar-refractivity contribution >= 4 is 29.3 Å². The minimum absolute atomic E-state index is 0.0544. The van der Waals surface area contributed by atoms with Crippen LogP contribution in [-0.4, -0.2) is 15.0 Å². The van der Waals surface area contributed by atoms with E-state index in [0.29, 0.717) is 22.2 Å². The molecule has 0 radical (unpaired) electrons. The third kappa shape index (κ3) is 4.17. The normalized spacial score (nSPS) is 10.6. The van der Waals surface area contributed by atoms with Gasteiger partial charge in [0.15, 0.2) is 0 Å². The number of benzene rings is 2. The van der Waals surface area contributed by atoms with Gasteiger partial charge in [-0.2, -0.15) is 15.0 Å². The van der Waals surface area contributed by atoms with E-state index in [1.54, 1.807) is 30.3 Å². The van der Waals surface area contributed by atoms with Crippen molar-refractivity contribution in [1.82, 2.24) is 15.0 Å². The first-order valence-electron chi connectivity index (χ1n) is 7.00. The molecule has 0 aliphatic heterocycles. The SMILES string of the molecule is Nc1nc(CSc2ccccc2F)nc(Nc2ccc(F)cc2)n1. The van der Waals surface area contributed by atoms with Gasteiger partial charge in [-0.3, -0.25) is 0 Å². The van der Waals surface area contributed by atoms with Crippen LogP contribution in [0.25, 0.3) is 0 Å². The molecular formula is C16H13F2N5S. The van der Waals surface area contributed by atoms with E-state index in [-0.39, 0.29) is 23.5 Å². The van der Waals surface area contributed by atoms with E-state index in [1.807, 2.05) is 0 Å². The fraction of sp³-hybridized carbons (Fsp3) is 0.0625. The van der Waals surface area contributed by atoms with Gasteiger partial charge in [-0.05, 0) is 36.4 Å². The summed E-state index contributed by atoms with van der Waals surface area (Å²) >= 11 is 1.27. The highest BCUT2D eigenvalue weighted by atomic mass is 32.2. The molecule has 24 heavy (non-hydrogen) atoms. The van der Waals surface area contributed by atoms with Gasteiger partial charge in [0.1, 0.15) is 17.5 Å². The van der Waals surface area contributed by atoms with Gasteiger partial charge in [-0.15, -0.1) is 11.8 Å². The van der Waals surface area contributed by atoms with Crippen molar-refractivity contribution in [2.24, 2.45) is 0 Å². The number of nitrogens with two attached hydrogens (primary N) is 1. The van der Waals surface area contributed by atoms with Crippen molar-refractivity contribution in [1.29, 1.82) is 0 Å². The molecule has 0 amide bonds. The minimum atomic E-state index is -0.335. The summed E-state index contributed by atoms with van der Waals surface area (Å²) in [5, 5.41) is 2.93. The van der Waals surface area contributed by atoms with Crippen LogP contribution in [0.3, 0.4) is 0 Å². The Labute approximate surface area is 141 Å². The van der Waals surface area contributed by atoms with Crippen molar-refractivity contribution in [2.75, 3.05) is 11.1 Å². The largest absolute Gasteiger partial charge is 0.368 e. The van der Waals surface area contributed by atoms with Crippen LogP contribution in [0.4, 0.5) is 26.4 Å². The molecule has 3 aromatic rings. The lowest BCUT2D eigenvalue weighted by Gasteiger charge is -2.07. The van der Waals surface area contributed by atoms with Crippen LogP contribution in [0.1, 0.15) is 5.82 Å². The lowest BCUT2D eigenvalue weighted by molar-refractivity contribution is 0.602. The van der Waals surface area contributed by atoms with Gasteiger partial charge in [0.2, 0.25) is 11.9 Å². The Bertz CT molecular complexity index is 842. The average molecular weight is 345 g/mol. The number of nitrogens with zero attached hydrogens (tertiary/aromatic N) is 3. The van der Waals surface area contributed by atoms with Crippen LogP contribution in [0.5, 0.6) is 0 Å². The second-order valence-electron chi connectivity index (χ2n) is 4.78. The Balaban J connectivity index is 1.74. The van der Waals surface area contributed by atoms with E-state index >= 15 is 0 Å². The zero-order chi connectivity index (χ0) is 16.9. The third-order valence-electron chi connectivity index (χ3n) is 2.99. The Morgan fingerprint density at radius 2 is 1.71 bits per heavy atom. The van der Waals surface area contributed by atoms with Crippen LogP contribution < -0.4 is 11.1 Å². The van der Waals surface area contributed by atoms with Crippen LogP contribution in [0.2, 0.25) is 0 Å². The Hall–Kier alpha value is -2.74. The molecule has 8 heteroatoms. The number of rotatable bonds is 5. The van der Waals surface area contributed by atoms with Gasteiger partial charge in [0.25, 0.3) is 0 Å². The lowest BCUT2D eigenvalue weighted by atomic mass is 10.3. The van der Waals surface area contributed by atoms with Gasteiger partial charge in [-0.25, -0.2) is 8.78 Å². The molecule has 0 fully saturated rings. The molecule has 0 saturated carbocycles. The van der Waals surface area contributed by atoms with Crippen LogP contribution in [0, 0.1) is 11.6 Å². The summed E-state index contributed by atoms with van der Waals surface area (Å²) in [7, 11) is 0. The summed E-state index contributed by atoms with van der Waals surface area (Å²) in [6, 6.07) is 12.2. The van der Waals surface area contributed by atoms with Gasteiger partial charge < -0.3 is 11.1 Å². The van der Waals surface area contributed by atoms with Gasteiger partial charge in [0, 0.05) is 10.6 Å². The van der Waals surface area contributed by atoms with E-state index in [0.717, 1.165) is 0 Å². The first kappa shape index (κ1) is 16.1. The molecule has 0 bridgehead atoms. The van der Waals surface area contributed by atoms with E-state index in [1.165, 1.54) is 30.0 Å². The molecule has 5 nitrogen and oxygen atoms in total.